The fourth-order valence-electron chi connectivity index (χ4n) is 2.99. The summed E-state index contributed by atoms with van der Waals surface area (Å²) in [6, 6.07) is 16.0. The van der Waals surface area contributed by atoms with Crippen molar-refractivity contribution in [2.45, 2.75) is 38.8 Å². The highest BCUT2D eigenvalue weighted by molar-refractivity contribution is 5.79. The van der Waals surface area contributed by atoms with E-state index in [0.717, 1.165) is 11.3 Å². The van der Waals surface area contributed by atoms with Gasteiger partial charge < -0.3 is 15.8 Å². The molecule has 4 heteroatoms. The Labute approximate surface area is 149 Å². The Morgan fingerprint density at radius 2 is 2.04 bits per heavy atom. The van der Waals surface area contributed by atoms with Crippen molar-refractivity contribution in [3.05, 3.63) is 65.2 Å². The third kappa shape index (κ3) is 5.07. The summed E-state index contributed by atoms with van der Waals surface area (Å²) in [6.07, 6.45) is 2.69. The molecule has 0 spiro atoms. The molecule has 1 atom stereocenters. The Hall–Kier alpha value is -2.33. The highest BCUT2D eigenvalue weighted by atomic mass is 16.5. The minimum Gasteiger partial charge on any atom is -0.489 e. The quantitative estimate of drug-likeness (QED) is 0.778. The summed E-state index contributed by atoms with van der Waals surface area (Å²) in [7, 11) is 0. The minimum atomic E-state index is 0.0263. The average Bonchev–Trinajstić information content (AvgIpc) is 3.44. The summed E-state index contributed by atoms with van der Waals surface area (Å²) < 4.78 is 5.89. The van der Waals surface area contributed by atoms with Crippen LogP contribution >= 0.6 is 0 Å². The van der Waals surface area contributed by atoms with Gasteiger partial charge >= 0.3 is 0 Å². The maximum atomic E-state index is 12.2. The Balaban J connectivity index is 1.55. The molecule has 1 aliphatic carbocycles. The van der Waals surface area contributed by atoms with Gasteiger partial charge in [-0.3, -0.25) is 4.79 Å². The molecule has 0 heterocycles. The predicted octanol–water partition coefficient (Wildman–Crippen LogP) is 2.97. The van der Waals surface area contributed by atoms with Crippen molar-refractivity contribution in [3.8, 4) is 5.75 Å². The van der Waals surface area contributed by atoms with Gasteiger partial charge in [-0.25, -0.2) is 0 Å². The monoisotopic (exact) mass is 338 g/mol. The summed E-state index contributed by atoms with van der Waals surface area (Å²) in [5.41, 5.74) is 9.08. The molecule has 1 unspecified atom stereocenters. The van der Waals surface area contributed by atoms with Crippen LogP contribution in [0.5, 0.6) is 5.75 Å². The fourth-order valence-corrected chi connectivity index (χ4v) is 2.99. The Bertz CT molecular complexity index is 725. The third-order valence-corrected chi connectivity index (χ3v) is 4.71. The topological polar surface area (TPSA) is 64.3 Å². The number of nitrogens with two attached hydrogens (primary N) is 1. The molecular weight excluding hydrogens is 312 g/mol. The number of rotatable bonds is 8. The van der Waals surface area contributed by atoms with Crippen molar-refractivity contribution in [2.24, 2.45) is 11.7 Å². The van der Waals surface area contributed by atoms with Crippen LogP contribution in [0.4, 0.5) is 0 Å². The van der Waals surface area contributed by atoms with Gasteiger partial charge in [-0.2, -0.15) is 0 Å². The number of amides is 1. The SMILES string of the molecule is Cc1ccccc1COc1cccc(CC(=O)NC(CN)C2CC2)c1. The van der Waals surface area contributed by atoms with Gasteiger partial charge in [0.1, 0.15) is 12.4 Å². The molecule has 1 fully saturated rings. The first-order valence-corrected chi connectivity index (χ1v) is 8.91. The summed E-state index contributed by atoms with van der Waals surface area (Å²) in [4.78, 5) is 12.2. The average molecular weight is 338 g/mol. The van der Waals surface area contributed by atoms with Crippen LogP contribution in [0, 0.1) is 12.8 Å². The van der Waals surface area contributed by atoms with Crippen LogP contribution in [0.1, 0.15) is 29.5 Å². The lowest BCUT2D eigenvalue weighted by Crippen LogP contribution is -2.42. The first kappa shape index (κ1) is 17.5. The first-order valence-electron chi connectivity index (χ1n) is 8.91. The van der Waals surface area contributed by atoms with Crippen molar-refractivity contribution in [1.29, 1.82) is 0 Å². The maximum Gasteiger partial charge on any atom is 0.224 e. The molecule has 1 amide bonds. The molecule has 2 aromatic carbocycles. The summed E-state index contributed by atoms with van der Waals surface area (Å²) in [5.74, 6) is 1.38. The van der Waals surface area contributed by atoms with Gasteiger partial charge in [0.2, 0.25) is 5.91 Å². The van der Waals surface area contributed by atoms with Crippen molar-refractivity contribution in [2.75, 3.05) is 6.54 Å². The third-order valence-electron chi connectivity index (χ3n) is 4.71. The highest BCUT2D eigenvalue weighted by Crippen LogP contribution is 2.32. The van der Waals surface area contributed by atoms with E-state index in [1.807, 2.05) is 36.4 Å². The molecule has 25 heavy (non-hydrogen) atoms. The molecule has 1 saturated carbocycles. The summed E-state index contributed by atoms with van der Waals surface area (Å²) in [5, 5.41) is 3.06. The highest BCUT2D eigenvalue weighted by Gasteiger charge is 2.31. The molecule has 4 nitrogen and oxygen atoms in total. The lowest BCUT2D eigenvalue weighted by Gasteiger charge is -2.16. The van der Waals surface area contributed by atoms with E-state index in [1.165, 1.54) is 24.0 Å². The zero-order valence-electron chi connectivity index (χ0n) is 14.7. The fraction of sp³-hybridized carbons (Fsp3) is 0.381. The number of benzene rings is 2. The van der Waals surface area contributed by atoms with E-state index >= 15 is 0 Å². The van der Waals surface area contributed by atoms with Crippen molar-refractivity contribution in [1.82, 2.24) is 5.32 Å². The van der Waals surface area contributed by atoms with E-state index < -0.39 is 0 Å². The van der Waals surface area contributed by atoms with Crippen LogP contribution in [0.15, 0.2) is 48.5 Å². The van der Waals surface area contributed by atoms with Crippen molar-refractivity contribution in [3.63, 3.8) is 0 Å². The molecule has 0 radical (unpaired) electrons. The van der Waals surface area contributed by atoms with Gasteiger partial charge in [0.05, 0.1) is 6.42 Å². The van der Waals surface area contributed by atoms with Crippen molar-refractivity contribution < 1.29 is 9.53 Å². The molecule has 0 aliphatic heterocycles. The molecule has 0 saturated heterocycles. The molecule has 2 aromatic rings. The number of carbonyl (C=O) groups is 1. The molecule has 1 aliphatic rings. The number of nitrogens with one attached hydrogen (secondary N) is 1. The number of hydrogen-bond acceptors (Lipinski definition) is 3. The van der Waals surface area contributed by atoms with E-state index in [-0.39, 0.29) is 11.9 Å². The Kier molecular flexibility index (Phi) is 5.71. The van der Waals surface area contributed by atoms with Crippen LogP contribution in [0.3, 0.4) is 0 Å². The van der Waals surface area contributed by atoms with Crippen LogP contribution < -0.4 is 15.8 Å². The summed E-state index contributed by atoms with van der Waals surface area (Å²) >= 11 is 0. The van der Waals surface area contributed by atoms with Crippen LogP contribution in [0.2, 0.25) is 0 Å². The maximum absolute atomic E-state index is 12.2. The second kappa shape index (κ2) is 8.17. The lowest BCUT2D eigenvalue weighted by atomic mass is 10.1. The van der Waals surface area contributed by atoms with Crippen molar-refractivity contribution >= 4 is 5.91 Å². The van der Waals surface area contributed by atoms with E-state index in [0.29, 0.717) is 25.5 Å². The molecule has 3 N–H and O–H groups in total. The van der Waals surface area contributed by atoms with E-state index in [2.05, 4.69) is 24.4 Å². The molecular formula is C21H26N2O2. The van der Waals surface area contributed by atoms with E-state index in [1.54, 1.807) is 0 Å². The zero-order valence-corrected chi connectivity index (χ0v) is 14.7. The standard InChI is InChI=1S/C21H26N2O2/c1-15-5-2-3-7-18(15)14-25-19-8-4-6-16(11-19)12-21(24)23-20(13-22)17-9-10-17/h2-8,11,17,20H,9-10,12-14,22H2,1H3,(H,23,24). The second-order valence-electron chi connectivity index (χ2n) is 6.79. The van der Waals surface area contributed by atoms with E-state index in [4.69, 9.17) is 10.5 Å². The molecule has 132 valence electrons. The van der Waals surface area contributed by atoms with Gasteiger partial charge in [0.15, 0.2) is 0 Å². The summed E-state index contributed by atoms with van der Waals surface area (Å²) in [6.45, 7) is 3.11. The molecule has 0 aromatic heterocycles. The van der Waals surface area contributed by atoms with Crippen LogP contribution in [-0.4, -0.2) is 18.5 Å². The largest absolute Gasteiger partial charge is 0.489 e. The minimum absolute atomic E-state index is 0.0263. The number of ether oxygens (including phenoxy) is 1. The van der Waals surface area contributed by atoms with Crippen LogP contribution in [0.25, 0.3) is 0 Å². The van der Waals surface area contributed by atoms with Gasteiger partial charge in [-0.15, -0.1) is 0 Å². The van der Waals surface area contributed by atoms with Crippen LogP contribution in [-0.2, 0) is 17.8 Å². The predicted molar refractivity (Wildman–Crippen MR) is 99.4 cm³/mol. The normalized spacial score (nSPS) is 14.8. The smallest absolute Gasteiger partial charge is 0.224 e. The zero-order chi connectivity index (χ0) is 17.6. The number of carbonyl (C=O) groups excluding carboxylic acids is 1. The number of hydrogen-bond donors (Lipinski definition) is 2. The van der Waals surface area contributed by atoms with Gasteiger partial charge in [0, 0.05) is 12.6 Å². The second-order valence-corrected chi connectivity index (χ2v) is 6.79. The van der Waals surface area contributed by atoms with E-state index in [9.17, 15) is 4.79 Å². The molecule has 3 rings (SSSR count). The Morgan fingerprint density at radius 1 is 1.24 bits per heavy atom. The molecule has 0 bridgehead atoms. The Morgan fingerprint density at radius 3 is 2.76 bits per heavy atom. The van der Waals surface area contributed by atoms with Gasteiger partial charge in [-0.05, 0) is 54.5 Å². The first-order chi connectivity index (χ1) is 12.2. The van der Waals surface area contributed by atoms with Gasteiger partial charge in [0.25, 0.3) is 0 Å². The van der Waals surface area contributed by atoms with Gasteiger partial charge in [-0.1, -0.05) is 36.4 Å². The lowest BCUT2D eigenvalue weighted by molar-refractivity contribution is -0.121. The number of aryl methyl sites for hydroxylation is 1.